The third-order valence-corrected chi connectivity index (χ3v) is 4.96. The number of ether oxygens (including phenoxy) is 1. The number of urea groups is 1. The molecule has 3 rings (SSSR count). The summed E-state index contributed by atoms with van der Waals surface area (Å²) in [5.41, 5.74) is 7.07. The van der Waals surface area contributed by atoms with Gasteiger partial charge in [0.2, 0.25) is 11.9 Å². The second-order valence-electron chi connectivity index (χ2n) is 6.06. The fraction of sp³-hybridized carbons (Fsp3) is 0.412. The lowest BCUT2D eigenvalue weighted by atomic mass is 10.2. The first-order chi connectivity index (χ1) is 13.0. The van der Waals surface area contributed by atoms with E-state index in [-0.39, 0.29) is 6.42 Å². The molecule has 27 heavy (non-hydrogen) atoms. The van der Waals surface area contributed by atoms with Gasteiger partial charge in [-0.25, -0.2) is 4.79 Å². The molecule has 0 unspecified atom stereocenters. The van der Waals surface area contributed by atoms with Crippen LogP contribution < -0.4 is 16.0 Å². The molecule has 2 heterocycles. The van der Waals surface area contributed by atoms with Crippen LogP contribution in [-0.2, 0) is 9.53 Å². The number of aromatic nitrogens is 3. The second kappa shape index (κ2) is 8.87. The highest BCUT2D eigenvalue weighted by Gasteiger charge is 2.22. The molecular formula is C17H22N6O3S. The highest BCUT2D eigenvalue weighted by Crippen LogP contribution is 2.27. The van der Waals surface area contributed by atoms with Crippen LogP contribution in [0.15, 0.2) is 29.4 Å². The molecule has 10 heteroatoms. The Kier molecular flexibility index (Phi) is 6.30. The summed E-state index contributed by atoms with van der Waals surface area (Å²) in [6.07, 6.45) is 0.154. The quantitative estimate of drug-likeness (QED) is 0.709. The van der Waals surface area contributed by atoms with Gasteiger partial charge in [-0.3, -0.25) is 14.7 Å². The van der Waals surface area contributed by atoms with Crippen LogP contribution >= 0.6 is 11.8 Å². The van der Waals surface area contributed by atoms with Gasteiger partial charge in [0.15, 0.2) is 5.16 Å². The Hall–Kier alpha value is -2.59. The predicted molar refractivity (Wildman–Crippen MR) is 102 cm³/mol. The van der Waals surface area contributed by atoms with Crippen LogP contribution in [0.25, 0.3) is 5.69 Å². The number of carbonyl (C=O) groups excluding carboxylic acids is 2. The standard InChI is InChI=1S/C17H22N6O3S/c1-12-2-4-13(5-3-12)23-16(22-7-9-26-10-8-22)20-21-17(23)27-11-6-14(24)19-15(18)25/h2-5H,6-11H2,1H3,(H3,18,19,24,25). The van der Waals surface area contributed by atoms with E-state index < -0.39 is 11.9 Å². The summed E-state index contributed by atoms with van der Waals surface area (Å²) >= 11 is 1.40. The van der Waals surface area contributed by atoms with E-state index in [1.165, 1.54) is 11.8 Å². The average Bonchev–Trinajstić information content (AvgIpc) is 3.06. The normalized spacial score (nSPS) is 14.2. The van der Waals surface area contributed by atoms with Gasteiger partial charge >= 0.3 is 6.03 Å². The molecule has 0 spiro atoms. The van der Waals surface area contributed by atoms with Crippen LogP contribution in [0.5, 0.6) is 0 Å². The number of anilines is 1. The minimum absolute atomic E-state index is 0.154. The van der Waals surface area contributed by atoms with Crippen molar-refractivity contribution >= 4 is 29.6 Å². The maximum atomic E-state index is 11.6. The van der Waals surface area contributed by atoms with Crippen molar-refractivity contribution in [1.82, 2.24) is 20.1 Å². The molecule has 1 aliphatic heterocycles. The largest absolute Gasteiger partial charge is 0.378 e. The highest BCUT2D eigenvalue weighted by molar-refractivity contribution is 7.99. The molecule has 144 valence electrons. The van der Waals surface area contributed by atoms with Gasteiger partial charge in [0, 0.05) is 25.3 Å². The fourth-order valence-corrected chi connectivity index (χ4v) is 3.56. The number of hydrogen-bond acceptors (Lipinski definition) is 7. The molecule has 9 nitrogen and oxygen atoms in total. The van der Waals surface area contributed by atoms with Crippen LogP contribution in [0.3, 0.4) is 0 Å². The summed E-state index contributed by atoms with van der Waals surface area (Å²) in [6, 6.07) is 7.27. The van der Waals surface area contributed by atoms with Gasteiger partial charge in [0.1, 0.15) is 0 Å². The molecule has 1 aromatic heterocycles. The van der Waals surface area contributed by atoms with Crippen molar-refractivity contribution in [2.24, 2.45) is 5.73 Å². The minimum Gasteiger partial charge on any atom is -0.378 e. The Morgan fingerprint density at radius 3 is 2.59 bits per heavy atom. The first kappa shape index (κ1) is 19.2. The summed E-state index contributed by atoms with van der Waals surface area (Å²) in [5, 5.41) is 11.4. The van der Waals surface area contributed by atoms with Gasteiger partial charge in [-0.1, -0.05) is 29.5 Å². The Labute approximate surface area is 161 Å². The number of imide groups is 1. The third kappa shape index (κ3) is 4.98. The molecular weight excluding hydrogens is 368 g/mol. The van der Waals surface area contributed by atoms with Gasteiger partial charge in [0.05, 0.1) is 18.9 Å². The maximum Gasteiger partial charge on any atom is 0.318 e. The van der Waals surface area contributed by atoms with E-state index in [2.05, 4.69) is 20.4 Å². The average molecular weight is 390 g/mol. The summed E-state index contributed by atoms with van der Waals surface area (Å²) < 4.78 is 7.41. The van der Waals surface area contributed by atoms with E-state index in [4.69, 9.17) is 10.5 Å². The predicted octanol–water partition coefficient (Wildman–Crippen LogP) is 1.09. The number of morpholine rings is 1. The van der Waals surface area contributed by atoms with Crippen LogP contribution in [0.4, 0.5) is 10.7 Å². The molecule has 1 aliphatic rings. The van der Waals surface area contributed by atoms with E-state index in [1.54, 1.807) is 0 Å². The molecule has 0 aliphatic carbocycles. The number of amides is 3. The van der Waals surface area contributed by atoms with Crippen molar-refractivity contribution in [3.05, 3.63) is 29.8 Å². The van der Waals surface area contributed by atoms with Crippen molar-refractivity contribution in [2.45, 2.75) is 18.5 Å². The molecule has 0 bridgehead atoms. The minimum atomic E-state index is -0.845. The van der Waals surface area contributed by atoms with Gasteiger partial charge in [-0.2, -0.15) is 0 Å². The number of carbonyl (C=O) groups is 2. The van der Waals surface area contributed by atoms with E-state index in [0.717, 1.165) is 30.3 Å². The van der Waals surface area contributed by atoms with Crippen LogP contribution in [0, 0.1) is 6.92 Å². The molecule has 0 saturated carbocycles. The SMILES string of the molecule is Cc1ccc(-n2c(SCCC(=O)NC(N)=O)nnc2N2CCOCC2)cc1. The second-order valence-corrected chi connectivity index (χ2v) is 7.13. The molecule has 0 atom stereocenters. The number of nitrogens with two attached hydrogens (primary N) is 1. The van der Waals surface area contributed by atoms with Crippen molar-refractivity contribution in [2.75, 3.05) is 37.0 Å². The third-order valence-electron chi connectivity index (χ3n) is 4.03. The van der Waals surface area contributed by atoms with Gasteiger partial charge < -0.3 is 15.4 Å². The van der Waals surface area contributed by atoms with E-state index >= 15 is 0 Å². The Bertz CT molecular complexity index is 802. The van der Waals surface area contributed by atoms with Crippen molar-refractivity contribution in [1.29, 1.82) is 0 Å². The summed E-state index contributed by atoms with van der Waals surface area (Å²) in [4.78, 5) is 24.5. The molecule has 0 radical (unpaired) electrons. The zero-order valence-corrected chi connectivity index (χ0v) is 15.9. The van der Waals surface area contributed by atoms with Gasteiger partial charge in [-0.05, 0) is 19.1 Å². The Balaban J connectivity index is 1.80. The van der Waals surface area contributed by atoms with E-state index in [1.807, 2.05) is 35.8 Å². The van der Waals surface area contributed by atoms with E-state index in [0.29, 0.717) is 24.1 Å². The van der Waals surface area contributed by atoms with E-state index in [9.17, 15) is 9.59 Å². The number of hydrogen-bond donors (Lipinski definition) is 2. The fourth-order valence-electron chi connectivity index (χ4n) is 2.68. The Morgan fingerprint density at radius 2 is 1.93 bits per heavy atom. The molecule has 1 aromatic carbocycles. The Morgan fingerprint density at radius 1 is 1.22 bits per heavy atom. The lowest BCUT2D eigenvalue weighted by Crippen LogP contribution is -2.37. The lowest BCUT2D eigenvalue weighted by molar-refractivity contribution is -0.119. The van der Waals surface area contributed by atoms with Crippen LogP contribution in [0.1, 0.15) is 12.0 Å². The highest BCUT2D eigenvalue weighted by atomic mass is 32.2. The van der Waals surface area contributed by atoms with Crippen molar-refractivity contribution in [3.63, 3.8) is 0 Å². The lowest BCUT2D eigenvalue weighted by Gasteiger charge is -2.28. The summed E-state index contributed by atoms with van der Waals surface area (Å²) in [6.45, 7) is 4.82. The smallest absolute Gasteiger partial charge is 0.318 e. The maximum absolute atomic E-state index is 11.6. The molecule has 1 saturated heterocycles. The first-order valence-corrected chi connectivity index (χ1v) is 9.60. The number of nitrogens with zero attached hydrogens (tertiary/aromatic N) is 4. The zero-order chi connectivity index (χ0) is 19.2. The van der Waals surface area contributed by atoms with Crippen molar-refractivity contribution in [3.8, 4) is 5.69 Å². The van der Waals surface area contributed by atoms with Crippen LogP contribution in [-0.4, -0.2) is 58.8 Å². The molecule has 2 aromatic rings. The molecule has 3 amide bonds. The number of benzene rings is 1. The number of thioether (sulfide) groups is 1. The number of aryl methyl sites for hydroxylation is 1. The first-order valence-electron chi connectivity index (χ1n) is 8.62. The zero-order valence-electron chi connectivity index (χ0n) is 15.1. The monoisotopic (exact) mass is 390 g/mol. The number of primary amides is 1. The summed E-state index contributed by atoms with van der Waals surface area (Å²) in [7, 11) is 0. The van der Waals surface area contributed by atoms with Gasteiger partial charge in [0.25, 0.3) is 0 Å². The van der Waals surface area contributed by atoms with Crippen LogP contribution in [0.2, 0.25) is 0 Å². The van der Waals surface area contributed by atoms with Crippen molar-refractivity contribution < 1.29 is 14.3 Å². The summed E-state index contributed by atoms with van der Waals surface area (Å²) in [5.74, 6) is 0.794. The molecule has 1 fully saturated rings. The van der Waals surface area contributed by atoms with Gasteiger partial charge in [-0.15, -0.1) is 10.2 Å². The molecule has 3 N–H and O–H groups in total. The number of nitrogens with one attached hydrogen (secondary N) is 1. The topological polar surface area (TPSA) is 115 Å². The number of rotatable bonds is 6.